The monoisotopic (exact) mass is 290 g/mol. The molecule has 0 aromatic heterocycles. The van der Waals surface area contributed by atoms with Crippen LogP contribution in [0.25, 0.3) is 0 Å². The average Bonchev–Trinajstić information content (AvgIpc) is 2.48. The van der Waals surface area contributed by atoms with Crippen molar-refractivity contribution in [3.8, 4) is 0 Å². The second-order valence-corrected chi connectivity index (χ2v) is 4.89. The fraction of sp³-hybridized carbons (Fsp3) is 0.471. The van der Waals surface area contributed by atoms with Crippen LogP contribution in [0.2, 0.25) is 0 Å². The predicted molar refractivity (Wildman–Crippen MR) is 79.6 cm³/mol. The molecule has 0 saturated carbocycles. The maximum atomic E-state index is 12.3. The fourth-order valence-corrected chi connectivity index (χ4v) is 2.64. The highest BCUT2D eigenvalue weighted by molar-refractivity contribution is 5.91. The average molecular weight is 290 g/mol. The highest BCUT2D eigenvalue weighted by Crippen LogP contribution is 2.37. The molecule has 1 aliphatic heterocycles. The number of hydrogen-bond donors (Lipinski definition) is 0. The van der Waals surface area contributed by atoms with Gasteiger partial charge in [-0.3, -0.25) is 0 Å². The Hall–Kier alpha value is -1.81. The van der Waals surface area contributed by atoms with Gasteiger partial charge in [0.15, 0.2) is 6.29 Å². The summed E-state index contributed by atoms with van der Waals surface area (Å²) < 4.78 is 16.5. The first-order valence-electron chi connectivity index (χ1n) is 7.38. The Labute approximate surface area is 125 Å². The van der Waals surface area contributed by atoms with E-state index in [1.807, 2.05) is 37.3 Å². The highest BCUT2D eigenvalue weighted by atomic mass is 16.7. The van der Waals surface area contributed by atoms with Crippen molar-refractivity contribution in [2.24, 2.45) is 0 Å². The van der Waals surface area contributed by atoms with Crippen LogP contribution in [0.5, 0.6) is 0 Å². The molecule has 0 saturated heterocycles. The van der Waals surface area contributed by atoms with E-state index in [2.05, 4.69) is 0 Å². The molecule has 0 spiro atoms. The summed E-state index contributed by atoms with van der Waals surface area (Å²) in [6.07, 6.45) is 0.293. The second-order valence-electron chi connectivity index (χ2n) is 4.89. The molecule has 0 bridgehead atoms. The van der Waals surface area contributed by atoms with Crippen molar-refractivity contribution < 1.29 is 19.0 Å². The van der Waals surface area contributed by atoms with Crippen LogP contribution in [-0.4, -0.2) is 25.5 Å². The van der Waals surface area contributed by atoms with Gasteiger partial charge in [-0.15, -0.1) is 0 Å². The molecule has 0 amide bonds. The molecule has 2 rings (SSSR count). The molecule has 1 aromatic carbocycles. The summed E-state index contributed by atoms with van der Waals surface area (Å²) in [4.78, 5) is 12.3. The zero-order valence-electron chi connectivity index (χ0n) is 12.8. The number of rotatable bonds is 5. The first-order valence-corrected chi connectivity index (χ1v) is 7.38. The van der Waals surface area contributed by atoms with Gasteiger partial charge < -0.3 is 14.2 Å². The minimum atomic E-state index is -0.321. The number of carbonyl (C=O) groups excluding carboxylic acids is 1. The molecule has 114 valence electrons. The largest absolute Gasteiger partial charge is 0.469 e. The Bertz CT molecular complexity index is 507. The van der Waals surface area contributed by atoms with E-state index in [1.165, 1.54) is 0 Å². The Morgan fingerprint density at radius 1 is 1.24 bits per heavy atom. The van der Waals surface area contributed by atoms with Crippen LogP contribution in [0.15, 0.2) is 41.7 Å². The van der Waals surface area contributed by atoms with Gasteiger partial charge in [-0.1, -0.05) is 30.3 Å². The van der Waals surface area contributed by atoms with Gasteiger partial charge in [0.2, 0.25) is 0 Å². The molecule has 2 atom stereocenters. The van der Waals surface area contributed by atoms with Gasteiger partial charge in [0, 0.05) is 18.9 Å². The number of allylic oxidation sites excluding steroid dienone is 1. The molecule has 1 aliphatic rings. The van der Waals surface area contributed by atoms with E-state index < -0.39 is 0 Å². The van der Waals surface area contributed by atoms with Crippen molar-refractivity contribution in [3.05, 3.63) is 47.2 Å². The summed E-state index contributed by atoms with van der Waals surface area (Å²) in [6.45, 7) is 6.46. The van der Waals surface area contributed by atoms with Crippen molar-refractivity contribution >= 4 is 5.97 Å². The van der Waals surface area contributed by atoms with Crippen molar-refractivity contribution in [2.45, 2.75) is 39.4 Å². The maximum absolute atomic E-state index is 12.3. The Morgan fingerprint density at radius 3 is 2.57 bits per heavy atom. The van der Waals surface area contributed by atoms with Crippen molar-refractivity contribution in [3.63, 3.8) is 0 Å². The zero-order valence-corrected chi connectivity index (χ0v) is 12.8. The standard InChI is InChI=1S/C17H22O4/c1-4-19-15-11-14(13-9-7-6-8-10-13)16(12(3)21-15)17(18)20-5-2/h6-10,14-15H,4-5,11H2,1-3H3/t14-,15-/m0/s1. The highest BCUT2D eigenvalue weighted by Gasteiger charge is 2.35. The summed E-state index contributed by atoms with van der Waals surface area (Å²) in [5.41, 5.74) is 1.67. The van der Waals surface area contributed by atoms with E-state index in [-0.39, 0.29) is 18.2 Å². The molecular formula is C17H22O4. The van der Waals surface area contributed by atoms with E-state index in [4.69, 9.17) is 14.2 Å². The van der Waals surface area contributed by atoms with E-state index in [1.54, 1.807) is 13.8 Å². The number of carbonyl (C=O) groups is 1. The van der Waals surface area contributed by atoms with Gasteiger partial charge in [0.05, 0.1) is 12.2 Å². The Kier molecular flexibility index (Phi) is 5.39. The summed E-state index contributed by atoms with van der Waals surface area (Å²) in [6, 6.07) is 9.94. The van der Waals surface area contributed by atoms with Crippen LogP contribution in [0, 0.1) is 0 Å². The number of benzene rings is 1. The van der Waals surface area contributed by atoms with Gasteiger partial charge in [-0.2, -0.15) is 0 Å². The van der Waals surface area contributed by atoms with Gasteiger partial charge >= 0.3 is 5.97 Å². The summed E-state index contributed by atoms with van der Waals surface area (Å²) in [5.74, 6) is 0.223. The summed E-state index contributed by atoms with van der Waals surface area (Å²) in [7, 11) is 0. The Balaban J connectivity index is 2.35. The maximum Gasteiger partial charge on any atom is 0.338 e. The molecule has 0 aliphatic carbocycles. The SMILES string of the molecule is CCOC(=O)C1=C(C)O[C@H](OCC)C[C@H]1c1ccccc1. The lowest BCUT2D eigenvalue weighted by Crippen LogP contribution is -2.30. The van der Waals surface area contributed by atoms with Crippen LogP contribution < -0.4 is 0 Å². The van der Waals surface area contributed by atoms with Crippen molar-refractivity contribution in [2.75, 3.05) is 13.2 Å². The normalized spacial score (nSPS) is 21.9. The molecule has 0 N–H and O–H groups in total. The predicted octanol–water partition coefficient (Wildman–Crippen LogP) is 3.39. The van der Waals surface area contributed by atoms with Crippen LogP contribution in [0.4, 0.5) is 0 Å². The molecule has 4 nitrogen and oxygen atoms in total. The lowest BCUT2D eigenvalue weighted by molar-refractivity contribution is -0.145. The number of hydrogen-bond acceptors (Lipinski definition) is 4. The van der Waals surface area contributed by atoms with Crippen molar-refractivity contribution in [1.29, 1.82) is 0 Å². The zero-order chi connectivity index (χ0) is 15.2. The molecule has 0 unspecified atom stereocenters. The minimum absolute atomic E-state index is 0.0597. The lowest BCUT2D eigenvalue weighted by atomic mass is 9.85. The summed E-state index contributed by atoms with van der Waals surface area (Å²) in [5, 5.41) is 0. The molecule has 0 radical (unpaired) electrons. The third-order valence-electron chi connectivity index (χ3n) is 3.51. The first kappa shape index (κ1) is 15.6. The first-order chi connectivity index (χ1) is 10.2. The van der Waals surface area contributed by atoms with E-state index in [0.717, 1.165) is 5.56 Å². The van der Waals surface area contributed by atoms with Crippen LogP contribution >= 0.6 is 0 Å². The molecule has 21 heavy (non-hydrogen) atoms. The van der Waals surface area contributed by atoms with Crippen molar-refractivity contribution in [1.82, 2.24) is 0 Å². The third-order valence-corrected chi connectivity index (χ3v) is 3.51. The van der Waals surface area contributed by atoms with E-state index >= 15 is 0 Å². The second kappa shape index (κ2) is 7.27. The van der Waals surface area contributed by atoms with Crippen LogP contribution in [-0.2, 0) is 19.0 Å². The van der Waals surface area contributed by atoms with E-state index in [0.29, 0.717) is 31.0 Å². The summed E-state index contributed by atoms with van der Waals surface area (Å²) >= 11 is 0. The molecule has 0 fully saturated rings. The third kappa shape index (κ3) is 3.64. The molecule has 1 aromatic rings. The van der Waals surface area contributed by atoms with Crippen LogP contribution in [0.3, 0.4) is 0 Å². The Morgan fingerprint density at radius 2 is 1.95 bits per heavy atom. The fourth-order valence-electron chi connectivity index (χ4n) is 2.64. The molecule has 4 heteroatoms. The van der Waals surface area contributed by atoms with Gasteiger partial charge in [-0.05, 0) is 26.3 Å². The molecule has 1 heterocycles. The minimum Gasteiger partial charge on any atom is -0.469 e. The number of ether oxygens (including phenoxy) is 3. The number of esters is 1. The van der Waals surface area contributed by atoms with E-state index in [9.17, 15) is 4.79 Å². The smallest absolute Gasteiger partial charge is 0.338 e. The van der Waals surface area contributed by atoms with Gasteiger partial charge in [-0.25, -0.2) is 4.79 Å². The quantitative estimate of drug-likeness (QED) is 0.780. The van der Waals surface area contributed by atoms with Gasteiger partial charge in [0.1, 0.15) is 5.76 Å². The molecular weight excluding hydrogens is 268 g/mol. The topological polar surface area (TPSA) is 44.8 Å². The van der Waals surface area contributed by atoms with Gasteiger partial charge in [0.25, 0.3) is 0 Å². The van der Waals surface area contributed by atoms with Crippen LogP contribution in [0.1, 0.15) is 38.7 Å². The lowest BCUT2D eigenvalue weighted by Gasteiger charge is -2.32.